The Labute approximate surface area is 271 Å². The van der Waals surface area contributed by atoms with Gasteiger partial charge in [-0.2, -0.15) is 0 Å². The van der Waals surface area contributed by atoms with E-state index >= 15 is 0 Å². The van der Waals surface area contributed by atoms with Crippen LogP contribution in [0.15, 0.2) is 48.5 Å². The van der Waals surface area contributed by atoms with Crippen molar-refractivity contribution in [2.24, 2.45) is 5.92 Å². The fourth-order valence-electron chi connectivity index (χ4n) is 5.05. The summed E-state index contributed by atoms with van der Waals surface area (Å²) in [5.41, 5.74) is 2.12. The third-order valence-electron chi connectivity index (χ3n) is 7.61. The first kappa shape index (κ1) is 36.0. The van der Waals surface area contributed by atoms with Crippen LogP contribution in [0.5, 0.6) is 5.75 Å². The quantitative estimate of drug-likeness (QED) is 0.267. The van der Waals surface area contributed by atoms with Crippen LogP contribution in [0.25, 0.3) is 0 Å². The van der Waals surface area contributed by atoms with Crippen molar-refractivity contribution in [3.8, 4) is 5.75 Å². The van der Waals surface area contributed by atoms with Crippen molar-refractivity contribution in [3.63, 3.8) is 0 Å². The van der Waals surface area contributed by atoms with Crippen molar-refractivity contribution >= 4 is 24.2 Å². The molecular formula is C34H48N4O8. The molecule has 3 N–H and O–H groups in total. The molecule has 4 amide bonds. The van der Waals surface area contributed by atoms with Crippen LogP contribution >= 0.6 is 0 Å². The topological polar surface area (TPSA) is 147 Å². The summed E-state index contributed by atoms with van der Waals surface area (Å²) in [7, 11) is 1.63. The molecule has 0 radical (unpaired) electrons. The lowest BCUT2D eigenvalue weighted by Crippen LogP contribution is -2.49. The lowest BCUT2D eigenvalue weighted by atomic mass is 9.95. The van der Waals surface area contributed by atoms with Crippen LogP contribution in [-0.2, 0) is 27.4 Å². The molecule has 1 heterocycles. The predicted molar refractivity (Wildman–Crippen MR) is 172 cm³/mol. The second kappa shape index (κ2) is 17.3. The summed E-state index contributed by atoms with van der Waals surface area (Å²) in [6.07, 6.45) is 1.35. The number of hydrogen-bond donors (Lipinski definition) is 3. The number of ether oxygens (including phenoxy) is 3. The van der Waals surface area contributed by atoms with E-state index in [0.717, 1.165) is 36.0 Å². The minimum Gasteiger partial charge on any atom is -0.494 e. The van der Waals surface area contributed by atoms with Gasteiger partial charge in [-0.15, -0.1) is 0 Å². The SMILES string of the molecule is Cc1ccc(OCCC2CCCN(C(=O)N(C)CC[C@H](NC(=O)OC(C)(C)C)C(=O)O)C2)cc1CNC(=O)OCc1ccccc1. The molecule has 252 valence electrons. The van der Waals surface area contributed by atoms with Gasteiger partial charge in [0.2, 0.25) is 0 Å². The number of carboxylic acid groups (broad SMARTS) is 1. The molecule has 3 rings (SSSR count). The molecule has 1 aliphatic heterocycles. The van der Waals surface area contributed by atoms with Crippen molar-refractivity contribution in [1.29, 1.82) is 0 Å². The van der Waals surface area contributed by atoms with Crippen LogP contribution < -0.4 is 15.4 Å². The monoisotopic (exact) mass is 640 g/mol. The summed E-state index contributed by atoms with van der Waals surface area (Å²) in [5, 5.41) is 14.7. The number of carbonyl (C=O) groups is 4. The van der Waals surface area contributed by atoms with Crippen molar-refractivity contribution in [3.05, 3.63) is 65.2 Å². The van der Waals surface area contributed by atoms with Crippen LogP contribution in [0.2, 0.25) is 0 Å². The summed E-state index contributed by atoms with van der Waals surface area (Å²) in [4.78, 5) is 52.3. The first-order valence-electron chi connectivity index (χ1n) is 15.7. The van der Waals surface area contributed by atoms with Gasteiger partial charge in [-0.1, -0.05) is 36.4 Å². The largest absolute Gasteiger partial charge is 0.494 e. The maximum Gasteiger partial charge on any atom is 0.408 e. The van der Waals surface area contributed by atoms with Gasteiger partial charge < -0.3 is 39.8 Å². The van der Waals surface area contributed by atoms with E-state index in [4.69, 9.17) is 14.2 Å². The Morgan fingerprint density at radius 1 is 1.09 bits per heavy atom. The van der Waals surface area contributed by atoms with Crippen molar-refractivity contribution < 1.29 is 38.5 Å². The highest BCUT2D eigenvalue weighted by atomic mass is 16.6. The normalized spacial score (nSPS) is 15.3. The lowest BCUT2D eigenvalue weighted by molar-refractivity contribution is -0.139. The van der Waals surface area contributed by atoms with E-state index in [1.807, 2.05) is 55.5 Å². The lowest BCUT2D eigenvalue weighted by Gasteiger charge is -2.35. The summed E-state index contributed by atoms with van der Waals surface area (Å²) >= 11 is 0. The molecular weight excluding hydrogens is 592 g/mol. The van der Waals surface area contributed by atoms with E-state index in [1.165, 1.54) is 4.90 Å². The number of nitrogens with zero attached hydrogens (tertiary/aromatic N) is 2. The number of carbonyl (C=O) groups excluding carboxylic acids is 3. The molecule has 2 aromatic rings. The number of aliphatic carboxylic acids is 1. The minimum absolute atomic E-state index is 0.0465. The van der Waals surface area contributed by atoms with E-state index in [1.54, 1.807) is 32.7 Å². The zero-order chi connectivity index (χ0) is 33.7. The first-order valence-corrected chi connectivity index (χ1v) is 15.7. The first-order chi connectivity index (χ1) is 21.8. The number of urea groups is 1. The standard InChI is InChI=1S/C34H48N4O8/c1-24-13-14-28(20-27(24)21-35-31(41)45-23-26-10-7-6-8-11-26)44-19-16-25-12-9-17-38(22-25)33(43)37(5)18-15-29(30(39)40)36-32(42)46-34(2,3)4/h6-8,10-11,13-14,20,25,29H,9,12,15-19,21-23H2,1-5H3,(H,35,41)(H,36,42)(H,39,40)/t25?,29-/m0/s1. The minimum atomic E-state index is -1.19. The number of hydrogen-bond acceptors (Lipinski definition) is 7. The summed E-state index contributed by atoms with van der Waals surface area (Å²) in [5.74, 6) is -0.225. The molecule has 2 aromatic carbocycles. The molecule has 1 unspecified atom stereocenters. The summed E-state index contributed by atoms with van der Waals surface area (Å²) in [6, 6.07) is 13.9. The molecule has 1 saturated heterocycles. The van der Waals surface area contributed by atoms with E-state index in [9.17, 15) is 24.3 Å². The molecule has 0 saturated carbocycles. The zero-order valence-corrected chi connectivity index (χ0v) is 27.5. The highest BCUT2D eigenvalue weighted by Crippen LogP contribution is 2.23. The Morgan fingerprint density at radius 2 is 1.83 bits per heavy atom. The van der Waals surface area contributed by atoms with Crippen LogP contribution in [0.3, 0.4) is 0 Å². The maximum absolute atomic E-state index is 13.1. The van der Waals surface area contributed by atoms with Gasteiger partial charge in [0.25, 0.3) is 0 Å². The van der Waals surface area contributed by atoms with Crippen LogP contribution in [-0.4, -0.2) is 84.0 Å². The zero-order valence-electron chi connectivity index (χ0n) is 27.5. The molecule has 46 heavy (non-hydrogen) atoms. The smallest absolute Gasteiger partial charge is 0.408 e. The van der Waals surface area contributed by atoms with Crippen molar-refractivity contribution in [2.75, 3.05) is 33.3 Å². The number of amides is 4. The molecule has 1 aliphatic rings. The van der Waals surface area contributed by atoms with Gasteiger partial charge in [0.05, 0.1) is 6.61 Å². The average Bonchev–Trinajstić information content (AvgIpc) is 3.01. The van der Waals surface area contributed by atoms with Gasteiger partial charge in [-0.3, -0.25) is 0 Å². The maximum atomic E-state index is 13.1. The molecule has 0 aromatic heterocycles. The Hall–Kier alpha value is -4.48. The number of carboxylic acids is 1. The predicted octanol–water partition coefficient (Wildman–Crippen LogP) is 5.32. The third-order valence-corrected chi connectivity index (χ3v) is 7.61. The Bertz CT molecular complexity index is 1310. The van der Waals surface area contributed by atoms with E-state index < -0.39 is 29.8 Å². The van der Waals surface area contributed by atoms with Gasteiger partial charge >= 0.3 is 24.2 Å². The summed E-state index contributed by atoms with van der Waals surface area (Å²) < 4.78 is 16.5. The fraction of sp³-hybridized carbons (Fsp3) is 0.529. The van der Waals surface area contributed by atoms with Crippen LogP contribution in [0.1, 0.15) is 63.1 Å². The van der Waals surface area contributed by atoms with Gasteiger partial charge in [0.15, 0.2) is 0 Å². The average molecular weight is 641 g/mol. The highest BCUT2D eigenvalue weighted by Gasteiger charge is 2.28. The van der Waals surface area contributed by atoms with E-state index in [2.05, 4.69) is 10.6 Å². The summed E-state index contributed by atoms with van der Waals surface area (Å²) in [6.45, 7) is 9.42. The van der Waals surface area contributed by atoms with E-state index in [0.29, 0.717) is 32.0 Å². The van der Waals surface area contributed by atoms with Gasteiger partial charge in [0, 0.05) is 33.2 Å². The second-order valence-electron chi connectivity index (χ2n) is 12.6. The highest BCUT2D eigenvalue weighted by molar-refractivity contribution is 5.80. The molecule has 2 atom stereocenters. The number of rotatable bonds is 13. The van der Waals surface area contributed by atoms with Crippen LogP contribution in [0.4, 0.5) is 14.4 Å². The third kappa shape index (κ3) is 12.5. The van der Waals surface area contributed by atoms with Gasteiger partial charge in [-0.25, -0.2) is 19.2 Å². The number of alkyl carbamates (subject to hydrolysis) is 2. The second-order valence-corrected chi connectivity index (χ2v) is 12.6. The number of aryl methyl sites for hydroxylation is 1. The van der Waals surface area contributed by atoms with Gasteiger partial charge in [0.1, 0.15) is 24.0 Å². The number of nitrogens with one attached hydrogen (secondary N) is 2. The Kier molecular flexibility index (Phi) is 13.5. The molecule has 0 bridgehead atoms. The van der Waals surface area contributed by atoms with Crippen molar-refractivity contribution in [1.82, 2.24) is 20.4 Å². The number of benzene rings is 2. The number of likely N-dealkylation sites (tertiary alicyclic amines) is 1. The molecule has 0 aliphatic carbocycles. The fourth-order valence-corrected chi connectivity index (χ4v) is 5.05. The molecule has 12 nitrogen and oxygen atoms in total. The van der Waals surface area contributed by atoms with E-state index in [-0.39, 0.29) is 31.5 Å². The van der Waals surface area contributed by atoms with Crippen molar-refractivity contribution in [2.45, 2.75) is 78.2 Å². The number of piperidine rings is 1. The molecule has 12 heteroatoms. The van der Waals surface area contributed by atoms with Crippen LogP contribution in [0, 0.1) is 12.8 Å². The molecule has 0 spiro atoms. The van der Waals surface area contributed by atoms with Gasteiger partial charge in [-0.05, 0) is 88.1 Å². The molecule has 1 fully saturated rings. The Balaban J connectivity index is 1.41. The Morgan fingerprint density at radius 3 is 2.52 bits per heavy atom.